The standard InChI is InChI=1S/C16H26F2N2O2/c1-15(2,3)19-14(22)11-9(12(11)18)7-16(4,5)20-13(21)8-6-10(8)17/h8-12H,6-7H2,1-5H3,(H,19,22)(H,20,21)/t8-,9?,10+,11+,12-/m1/s1. The Balaban J connectivity index is 1.85. The molecule has 2 rings (SSSR count). The number of alkyl halides is 2. The molecule has 0 saturated heterocycles. The minimum Gasteiger partial charge on any atom is -0.351 e. The third-order valence-corrected chi connectivity index (χ3v) is 4.13. The van der Waals surface area contributed by atoms with Gasteiger partial charge in [0.25, 0.3) is 0 Å². The van der Waals surface area contributed by atoms with Crippen molar-refractivity contribution in [2.24, 2.45) is 17.8 Å². The van der Waals surface area contributed by atoms with Gasteiger partial charge in [0, 0.05) is 17.0 Å². The van der Waals surface area contributed by atoms with Crippen LogP contribution in [0.4, 0.5) is 8.78 Å². The van der Waals surface area contributed by atoms with Crippen LogP contribution in [0.2, 0.25) is 0 Å². The summed E-state index contributed by atoms with van der Waals surface area (Å²) in [6, 6.07) is 0. The second-order valence-corrected chi connectivity index (χ2v) is 8.31. The quantitative estimate of drug-likeness (QED) is 0.816. The molecule has 2 N–H and O–H groups in total. The lowest BCUT2D eigenvalue weighted by Gasteiger charge is -2.26. The van der Waals surface area contributed by atoms with Crippen molar-refractivity contribution in [3.8, 4) is 0 Å². The lowest BCUT2D eigenvalue weighted by atomic mass is 9.95. The van der Waals surface area contributed by atoms with Gasteiger partial charge in [-0.1, -0.05) is 0 Å². The third-order valence-electron chi connectivity index (χ3n) is 4.13. The Kier molecular flexibility index (Phi) is 4.26. The highest BCUT2D eigenvalue weighted by molar-refractivity contribution is 5.84. The minimum atomic E-state index is -1.17. The summed E-state index contributed by atoms with van der Waals surface area (Å²) in [5.74, 6) is -2.19. The molecule has 2 aliphatic rings. The molecule has 4 nitrogen and oxygen atoms in total. The van der Waals surface area contributed by atoms with Crippen molar-refractivity contribution in [1.29, 1.82) is 0 Å². The Morgan fingerprint density at radius 2 is 1.59 bits per heavy atom. The van der Waals surface area contributed by atoms with Gasteiger partial charge >= 0.3 is 0 Å². The molecule has 2 amide bonds. The Hall–Kier alpha value is -1.20. The molecule has 0 heterocycles. The first kappa shape index (κ1) is 17.2. The Bertz CT molecular complexity index is 473. The summed E-state index contributed by atoms with van der Waals surface area (Å²) in [6.45, 7) is 9.11. The highest BCUT2D eigenvalue weighted by atomic mass is 19.1. The summed E-state index contributed by atoms with van der Waals surface area (Å²) < 4.78 is 26.8. The predicted molar refractivity (Wildman–Crippen MR) is 79.6 cm³/mol. The molecule has 0 aliphatic heterocycles. The molecule has 0 aromatic carbocycles. The van der Waals surface area contributed by atoms with Crippen LogP contribution in [-0.4, -0.2) is 35.2 Å². The van der Waals surface area contributed by atoms with E-state index in [2.05, 4.69) is 10.6 Å². The second-order valence-electron chi connectivity index (χ2n) is 8.31. The first-order valence-corrected chi connectivity index (χ1v) is 7.83. The zero-order valence-corrected chi connectivity index (χ0v) is 13.9. The van der Waals surface area contributed by atoms with Crippen LogP contribution < -0.4 is 10.6 Å². The summed E-state index contributed by atoms with van der Waals surface area (Å²) in [6.07, 6.45) is -1.58. The largest absolute Gasteiger partial charge is 0.351 e. The number of halogens is 2. The smallest absolute Gasteiger partial charge is 0.226 e. The van der Waals surface area contributed by atoms with Crippen molar-refractivity contribution in [2.75, 3.05) is 0 Å². The van der Waals surface area contributed by atoms with Crippen LogP contribution >= 0.6 is 0 Å². The molecule has 2 aliphatic carbocycles. The summed E-state index contributed by atoms with van der Waals surface area (Å²) in [7, 11) is 0. The van der Waals surface area contributed by atoms with E-state index < -0.39 is 41.2 Å². The van der Waals surface area contributed by atoms with E-state index in [1.54, 1.807) is 13.8 Å². The molecule has 2 saturated carbocycles. The van der Waals surface area contributed by atoms with Gasteiger partial charge in [0.1, 0.15) is 12.3 Å². The van der Waals surface area contributed by atoms with E-state index in [9.17, 15) is 18.4 Å². The third kappa shape index (κ3) is 4.17. The SMILES string of the molecule is CC(C)(C)NC(=O)[C@H]1C(CC(C)(C)NC(=O)[C@@H]2C[C@@H]2F)[C@H]1F. The van der Waals surface area contributed by atoms with Crippen LogP contribution in [0.25, 0.3) is 0 Å². The maximum Gasteiger partial charge on any atom is 0.226 e. The number of rotatable bonds is 5. The molecule has 0 spiro atoms. The molecule has 6 heteroatoms. The topological polar surface area (TPSA) is 58.2 Å². The van der Waals surface area contributed by atoms with Crippen molar-refractivity contribution in [1.82, 2.24) is 10.6 Å². The molecule has 126 valence electrons. The van der Waals surface area contributed by atoms with E-state index in [0.29, 0.717) is 6.42 Å². The summed E-state index contributed by atoms with van der Waals surface area (Å²) in [4.78, 5) is 23.8. The average molecular weight is 316 g/mol. The molecular weight excluding hydrogens is 290 g/mol. The van der Waals surface area contributed by atoms with Crippen LogP contribution in [0.1, 0.15) is 47.5 Å². The number of hydrogen-bond acceptors (Lipinski definition) is 2. The fraction of sp³-hybridized carbons (Fsp3) is 0.875. The minimum absolute atomic E-state index is 0.272. The van der Waals surface area contributed by atoms with Gasteiger partial charge in [0.15, 0.2) is 0 Å². The number of carbonyl (C=O) groups is 2. The van der Waals surface area contributed by atoms with Gasteiger partial charge in [0.05, 0.1) is 11.8 Å². The Morgan fingerprint density at radius 1 is 1.05 bits per heavy atom. The van der Waals surface area contributed by atoms with E-state index in [4.69, 9.17) is 0 Å². The van der Waals surface area contributed by atoms with Crippen molar-refractivity contribution in [3.63, 3.8) is 0 Å². The van der Waals surface area contributed by atoms with Crippen LogP contribution in [0.3, 0.4) is 0 Å². The number of hydrogen-bond donors (Lipinski definition) is 2. The molecule has 5 atom stereocenters. The molecule has 1 unspecified atom stereocenters. The molecule has 0 aromatic heterocycles. The fourth-order valence-electron chi connectivity index (χ4n) is 2.87. The summed E-state index contributed by atoms with van der Waals surface area (Å²) >= 11 is 0. The van der Waals surface area contributed by atoms with Crippen molar-refractivity contribution < 1.29 is 18.4 Å². The predicted octanol–water partition coefficient (Wildman–Crippen LogP) is 2.13. The van der Waals surface area contributed by atoms with E-state index >= 15 is 0 Å². The van der Waals surface area contributed by atoms with Crippen LogP contribution in [0.5, 0.6) is 0 Å². The molecule has 0 bridgehead atoms. The van der Waals surface area contributed by atoms with E-state index in [1.807, 2.05) is 20.8 Å². The normalized spacial score (nSPS) is 34.0. The maximum atomic E-state index is 13.9. The summed E-state index contributed by atoms with van der Waals surface area (Å²) in [5, 5.41) is 5.56. The van der Waals surface area contributed by atoms with E-state index in [-0.39, 0.29) is 18.2 Å². The zero-order chi connectivity index (χ0) is 16.9. The molecule has 22 heavy (non-hydrogen) atoms. The highest BCUT2D eigenvalue weighted by Crippen LogP contribution is 2.47. The average Bonchev–Trinajstić information content (AvgIpc) is 3.15. The number of nitrogens with one attached hydrogen (secondary N) is 2. The van der Waals surface area contributed by atoms with E-state index in [0.717, 1.165) is 0 Å². The van der Waals surface area contributed by atoms with Gasteiger partial charge < -0.3 is 10.6 Å². The van der Waals surface area contributed by atoms with Gasteiger partial charge in [0.2, 0.25) is 11.8 Å². The Morgan fingerprint density at radius 3 is 2.05 bits per heavy atom. The van der Waals surface area contributed by atoms with Crippen LogP contribution in [0, 0.1) is 17.8 Å². The van der Waals surface area contributed by atoms with Gasteiger partial charge in [-0.15, -0.1) is 0 Å². The van der Waals surface area contributed by atoms with Gasteiger partial charge in [-0.05, 0) is 47.5 Å². The first-order chi connectivity index (χ1) is 9.91. The molecule has 0 aromatic rings. The highest BCUT2D eigenvalue weighted by Gasteiger charge is 2.57. The molecule has 0 radical (unpaired) electrons. The monoisotopic (exact) mass is 316 g/mol. The lowest BCUT2D eigenvalue weighted by Crippen LogP contribution is -2.45. The first-order valence-electron chi connectivity index (χ1n) is 7.83. The van der Waals surface area contributed by atoms with Crippen molar-refractivity contribution in [2.45, 2.75) is 70.9 Å². The number of carbonyl (C=O) groups excluding carboxylic acids is 2. The van der Waals surface area contributed by atoms with Crippen LogP contribution in [-0.2, 0) is 9.59 Å². The number of amides is 2. The zero-order valence-electron chi connectivity index (χ0n) is 13.9. The van der Waals surface area contributed by atoms with Gasteiger partial charge in [-0.2, -0.15) is 0 Å². The van der Waals surface area contributed by atoms with Crippen molar-refractivity contribution >= 4 is 11.8 Å². The lowest BCUT2D eigenvalue weighted by molar-refractivity contribution is -0.124. The Labute approximate surface area is 130 Å². The van der Waals surface area contributed by atoms with E-state index in [1.165, 1.54) is 0 Å². The summed E-state index contributed by atoms with van der Waals surface area (Å²) in [5.41, 5.74) is -1.04. The second kappa shape index (κ2) is 5.46. The molecule has 2 fully saturated rings. The maximum absolute atomic E-state index is 13.9. The fourth-order valence-corrected chi connectivity index (χ4v) is 2.87. The van der Waals surface area contributed by atoms with Crippen LogP contribution in [0.15, 0.2) is 0 Å². The van der Waals surface area contributed by atoms with Gasteiger partial charge in [-0.3, -0.25) is 9.59 Å². The van der Waals surface area contributed by atoms with Crippen molar-refractivity contribution in [3.05, 3.63) is 0 Å². The van der Waals surface area contributed by atoms with Gasteiger partial charge in [-0.25, -0.2) is 8.78 Å². The molecular formula is C16H26F2N2O2.